The molecule has 8 nitrogen and oxygen atoms in total. The summed E-state index contributed by atoms with van der Waals surface area (Å²) in [4.78, 5) is 31.8. The zero-order valence-corrected chi connectivity index (χ0v) is 20.2. The number of aryl methyl sites for hydroxylation is 1. The number of imidazole rings is 1. The first-order chi connectivity index (χ1) is 16.9. The van der Waals surface area contributed by atoms with E-state index in [1.165, 1.54) is 11.0 Å². The van der Waals surface area contributed by atoms with Crippen molar-refractivity contribution in [3.05, 3.63) is 82.9 Å². The van der Waals surface area contributed by atoms with Gasteiger partial charge in [-0.05, 0) is 49.2 Å². The van der Waals surface area contributed by atoms with Crippen LogP contribution in [-0.4, -0.2) is 51.5 Å². The minimum atomic E-state index is -0.779. The summed E-state index contributed by atoms with van der Waals surface area (Å²) in [6.07, 6.45) is 5.82. The molecule has 182 valence electrons. The molecular weight excluding hydrogens is 470 g/mol. The first-order valence-electron chi connectivity index (χ1n) is 11.3. The van der Waals surface area contributed by atoms with Crippen LogP contribution in [0.3, 0.4) is 0 Å². The maximum Gasteiger partial charge on any atom is 0.295 e. The Bertz CT molecular complexity index is 1260. The van der Waals surface area contributed by atoms with E-state index in [0.29, 0.717) is 53.8 Å². The third kappa shape index (κ3) is 5.02. The van der Waals surface area contributed by atoms with Crippen molar-refractivity contribution in [2.45, 2.75) is 25.9 Å². The molecule has 3 aromatic rings. The molecule has 9 heteroatoms. The molecule has 1 unspecified atom stereocenters. The molecule has 35 heavy (non-hydrogen) atoms. The van der Waals surface area contributed by atoms with E-state index < -0.39 is 17.7 Å². The number of aliphatic hydroxyl groups excluding tert-OH is 1. The summed E-state index contributed by atoms with van der Waals surface area (Å²) in [6, 6.07) is 11.1. The van der Waals surface area contributed by atoms with Crippen molar-refractivity contribution in [1.29, 1.82) is 0 Å². The van der Waals surface area contributed by atoms with Gasteiger partial charge < -0.3 is 24.0 Å². The van der Waals surface area contributed by atoms with Crippen LogP contribution in [0.15, 0.2) is 66.8 Å². The number of halogens is 1. The number of carbonyl (C=O) groups excluding carboxylic acids is 2. The van der Waals surface area contributed by atoms with Gasteiger partial charge in [-0.3, -0.25) is 9.59 Å². The second kappa shape index (κ2) is 10.7. The zero-order valence-electron chi connectivity index (χ0n) is 19.5. The lowest BCUT2D eigenvalue weighted by atomic mass is 9.95. The van der Waals surface area contributed by atoms with Gasteiger partial charge >= 0.3 is 0 Å². The highest BCUT2D eigenvalue weighted by molar-refractivity contribution is 6.46. The number of benzene rings is 2. The first-order valence-corrected chi connectivity index (χ1v) is 11.6. The lowest BCUT2D eigenvalue weighted by Gasteiger charge is -2.25. The summed E-state index contributed by atoms with van der Waals surface area (Å²) in [5, 5.41) is 11.5. The topological polar surface area (TPSA) is 93.9 Å². The zero-order chi connectivity index (χ0) is 24.9. The van der Waals surface area contributed by atoms with Gasteiger partial charge in [-0.1, -0.05) is 23.7 Å². The molecule has 0 aliphatic carbocycles. The quantitative estimate of drug-likeness (QED) is 0.268. The third-order valence-electron chi connectivity index (χ3n) is 5.83. The Labute approximate surface area is 208 Å². The molecule has 0 bridgehead atoms. The molecule has 0 radical (unpaired) electrons. The lowest BCUT2D eigenvalue weighted by molar-refractivity contribution is -0.139. The van der Waals surface area contributed by atoms with Crippen molar-refractivity contribution >= 4 is 29.1 Å². The second-order valence-electron chi connectivity index (χ2n) is 8.00. The number of Topliss-reactive ketones (excluding diaryl/α,β-unsaturated/α-hetero) is 1. The van der Waals surface area contributed by atoms with Crippen LogP contribution >= 0.6 is 11.6 Å². The largest absolute Gasteiger partial charge is 0.507 e. The summed E-state index contributed by atoms with van der Waals surface area (Å²) < 4.78 is 12.7. The molecule has 1 atom stereocenters. The monoisotopic (exact) mass is 495 g/mol. The molecule has 1 aliphatic heterocycles. The van der Waals surface area contributed by atoms with Gasteiger partial charge in [0.2, 0.25) is 0 Å². The molecule has 1 aromatic heterocycles. The summed E-state index contributed by atoms with van der Waals surface area (Å²) in [6.45, 7) is 3.21. The minimum absolute atomic E-state index is 0.00566. The first kappa shape index (κ1) is 24.3. The van der Waals surface area contributed by atoms with Crippen LogP contribution in [0.5, 0.6) is 11.5 Å². The number of nitrogens with zero attached hydrogens (tertiary/aromatic N) is 3. The Hall–Kier alpha value is -3.78. The number of likely N-dealkylation sites (tertiary alicyclic amines) is 1. The van der Waals surface area contributed by atoms with Gasteiger partial charge in [0, 0.05) is 31.0 Å². The standard InChI is InChI=1S/C26H26ClN3O5/c1-3-35-21-9-8-18(15-20(21)27)24(31)22-23(17-6-4-7-19(14-17)34-2)30(26(33)25(22)32)12-5-11-29-13-10-28-16-29/h4,6-10,13-16,23,31H,3,5,11-12H2,1-2H3/b24-22-. The van der Waals surface area contributed by atoms with Crippen LogP contribution < -0.4 is 9.47 Å². The summed E-state index contributed by atoms with van der Waals surface area (Å²) in [5.41, 5.74) is 0.985. The van der Waals surface area contributed by atoms with Crippen LogP contribution in [0.2, 0.25) is 5.02 Å². The lowest BCUT2D eigenvalue weighted by Crippen LogP contribution is -2.31. The fourth-order valence-electron chi connectivity index (χ4n) is 4.19. The number of amides is 1. The summed E-state index contributed by atoms with van der Waals surface area (Å²) in [7, 11) is 1.54. The van der Waals surface area contributed by atoms with Crippen LogP contribution in [0.25, 0.3) is 5.76 Å². The molecule has 0 saturated carbocycles. The maximum atomic E-state index is 13.2. The van der Waals surface area contributed by atoms with Crippen LogP contribution in [0.1, 0.15) is 30.5 Å². The van der Waals surface area contributed by atoms with Gasteiger partial charge in [-0.15, -0.1) is 0 Å². The Balaban J connectivity index is 1.75. The van der Waals surface area contributed by atoms with Gasteiger partial charge in [-0.2, -0.15) is 0 Å². The maximum absolute atomic E-state index is 13.2. The van der Waals surface area contributed by atoms with E-state index >= 15 is 0 Å². The predicted octanol–water partition coefficient (Wildman–Crippen LogP) is 4.46. The van der Waals surface area contributed by atoms with Gasteiger partial charge in [0.15, 0.2) is 0 Å². The van der Waals surface area contributed by atoms with Crippen LogP contribution in [0.4, 0.5) is 0 Å². The van der Waals surface area contributed by atoms with Crippen molar-refractivity contribution in [1.82, 2.24) is 14.5 Å². The molecule has 2 heterocycles. The Morgan fingerprint density at radius 3 is 2.69 bits per heavy atom. The van der Waals surface area contributed by atoms with E-state index in [9.17, 15) is 14.7 Å². The van der Waals surface area contributed by atoms with Gasteiger partial charge in [0.1, 0.15) is 17.3 Å². The number of methoxy groups -OCH3 is 1. The van der Waals surface area contributed by atoms with Crippen LogP contribution in [0, 0.1) is 0 Å². The van der Waals surface area contributed by atoms with Gasteiger partial charge in [0.25, 0.3) is 11.7 Å². The number of aromatic nitrogens is 2. The van der Waals surface area contributed by atoms with Gasteiger partial charge in [-0.25, -0.2) is 4.98 Å². The SMILES string of the molecule is CCOc1ccc(/C(O)=C2/C(=O)C(=O)N(CCCn3ccnc3)C2c2cccc(OC)c2)cc1Cl. The molecular formula is C26H26ClN3O5. The predicted molar refractivity (Wildman–Crippen MR) is 131 cm³/mol. The van der Waals surface area contributed by atoms with Crippen molar-refractivity contribution in [3.8, 4) is 11.5 Å². The van der Waals surface area contributed by atoms with Crippen molar-refractivity contribution in [2.75, 3.05) is 20.3 Å². The summed E-state index contributed by atoms with van der Waals surface area (Å²) in [5.74, 6) is -0.658. The third-order valence-corrected chi connectivity index (χ3v) is 6.12. The van der Waals surface area contributed by atoms with E-state index in [-0.39, 0.29) is 11.3 Å². The Kier molecular flexibility index (Phi) is 7.41. The normalized spacial score (nSPS) is 17.1. The number of rotatable bonds is 9. The average molecular weight is 496 g/mol. The molecule has 0 spiro atoms. The number of ketones is 1. The molecule has 1 aliphatic rings. The summed E-state index contributed by atoms with van der Waals surface area (Å²) >= 11 is 6.32. The van der Waals surface area contributed by atoms with Crippen molar-refractivity contribution in [2.24, 2.45) is 0 Å². The molecule has 1 amide bonds. The molecule has 1 saturated heterocycles. The molecule has 1 N–H and O–H groups in total. The highest BCUT2D eigenvalue weighted by atomic mass is 35.5. The molecule has 1 fully saturated rings. The van der Waals surface area contributed by atoms with Gasteiger partial charge in [0.05, 0.1) is 36.7 Å². The van der Waals surface area contributed by atoms with Crippen molar-refractivity contribution < 1.29 is 24.2 Å². The number of carbonyl (C=O) groups is 2. The number of aliphatic hydroxyl groups is 1. The van der Waals surface area contributed by atoms with Crippen LogP contribution in [-0.2, 0) is 16.1 Å². The van der Waals surface area contributed by atoms with E-state index in [0.717, 1.165) is 0 Å². The minimum Gasteiger partial charge on any atom is -0.507 e. The fraction of sp³-hybridized carbons (Fsp3) is 0.269. The molecule has 4 rings (SSSR count). The van der Waals surface area contributed by atoms with E-state index in [1.54, 1.807) is 56.0 Å². The van der Waals surface area contributed by atoms with E-state index in [2.05, 4.69) is 4.98 Å². The average Bonchev–Trinajstić information content (AvgIpc) is 3.47. The number of hydrogen-bond acceptors (Lipinski definition) is 6. The van der Waals surface area contributed by atoms with E-state index in [4.69, 9.17) is 21.1 Å². The Morgan fingerprint density at radius 2 is 2.00 bits per heavy atom. The fourth-order valence-corrected chi connectivity index (χ4v) is 4.42. The molecule has 2 aromatic carbocycles. The number of ether oxygens (including phenoxy) is 2. The van der Waals surface area contributed by atoms with Crippen molar-refractivity contribution in [3.63, 3.8) is 0 Å². The Morgan fingerprint density at radius 1 is 1.17 bits per heavy atom. The highest BCUT2D eigenvalue weighted by Crippen LogP contribution is 2.41. The highest BCUT2D eigenvalue weighted by Gasteiger charge is 2.46. The smallest absolute Gasteiger partial charge is 0.295 e. The van der Waals surface area contributed by atoms with E-state index in [1.807, 2.05) is 17.7 Å². The second-order valence-corrected chi connectivity index (χ2v) is 8.41. The number of hydrogen-bond donors (Lipinski definition) is 1.